The summed E-state index contributed by atoms with van der Waals surface area (Å²) in [6, 6.07) is 8.78. The van der Waals surface area contributed by atoms with Crippen LogP contribution in [0.2, 0.25) is 0 Å². The zero-order valence-corrected chi connectivity index (χ0v) is 17.9. The van der Waals surface area contributed by atoms with Gasteiger partial charge in [0.25, 0.3) is 0 Å². The third kappa shape index (κ3) is 14.5. The summed E-state index contributed by atoms with van der Waals surface area (Å²) in [4.78, 5) is 0. The van der Waals surface area contributed by atoms with Crippen LogP contribution >= 0.6 is 0 Å². The number of nitrogens with one attached hydrogen (secondary N) is 1. The Morgan fingerprint density at radius 2 is 1.68 bits per heavy atom. The number of hydrogen-bond acceptors (Lipinski definition) is 2. The van der Waals surface area contributed by atoms with Gasteiger partial charge in [-0.05, 0) is 49.4 Å². The molecular weight excluding hydrogens is 306 g/mol. The topological polar surface area (TPSA) is 21.3 Å². The Labute approximate surface area is 157 Å². The van der Waals surface area contributed by atoms with Gasteiger partial charge in [0.2, 0.25) is 0 Å². The molecule has 0 bridgehead atoms. The fraction of sp³-hybridized carbons (Fsp3) is 0.565. The van der Waals surface area contributed by atoms with Crippen molar-refractivity contribution in [2.24, 2.45) is 0 Å². The molecule has 0 radical (unpaired) electrons. The Bertz CT molecular complexity index is 452. The molecule has 0 saturated heterocycles. The molecule has 0 aliphatic carbocycles. The highest BCUT2D eigenvalue weighted by atomic mass is 16.5. The summed E-state index contributed by atoms with van der Waals surface area (Å²) in [5.41, 5.74) is 4.30. The van der Waals surface area contributed by atoms with Crippen molar-refractivity contribution >= 4 is 0 Å². The lowest BCUT2D eigenvalue weighted by Gasteiger charge is -2.19. The Morgan fingerprint density at radius 1 is 1.16 bits per heavy atom. The molecular formula is C23H41NO. The molecule has 2 heteroatoms. The second-order valence-corrected chi connectivity index (χ2v) is 6.73. The van der Waals surface area contributed by atoms with Crippen LogP contribution in [0, 0.1) is 0 Å². The van der Waals surface area contributed by atoms with E-state index in [1.165, 1.54) is 16.7 Å². The minimum absolute atomic E-state index is 0.226. The monoisotopic (exact) mass is 347 g/mol. The predicted molar refractivity (Wildman–Crippen MR) is 114 cm³/mol. The molecule has 0 spiro atoms. The number of benzene rings is 1. The highest BCUT2D eigenvalue weighted by Gasteiger charge is 2.12. The van der Waals surface area contributed by atoms with Crippen LogP contribution in [0.5, 0.6) is 0 Å². The van der Waals surface area contributed by atoms with E-state index in [0.29, 0.717) is 0 Å². The first-order valence-corrected chi connectivity index (χ1v) is 9.42. The second-order valence-electron chi connectivity index (χ2n) is 6.73. The van der Waals surface area contributed by atoms with Crippen molar-refractivity contribution in [3.05, 3.63) is 59.8 Å². The van der Waals surface area contributed by atoms with Crippen LogP contribution in [-0.2, 0) is 16.8 Å². The number of hydrogen-bond donors (Lipinski definition) is 1. The standard InChI is InChI=1S/C18H28O.C3H7N.C2H6/c1-6-15(2)8-7-13-19-14-16-9-11-17(12-10-16)18(3,4)5;1-3-4-2;1-2/h6,9-12H,7-8,13-14H2,1-5H3;3-4H,1H2,2H3;1-2H3/b15-6-;;. The number of rotatable bonds is 7. The second kappa shape index (κ2) is 16.0. The molecule has 0 heterocycles. The van der Waals surface area contributed by atoms with E-state index in [9.17, 15) is 0 Å². The van der Waals surface area contributed by atoms with E-state index in [4.69, 9.17) is 4.74 Å². The quantitative estimate of drug-likeness (QED) is 0.442. The number of allylic oxidation sites excluding steroid dienone is 2. The van der Waals surface area contributed by atoms with Crippen molar-refractivity contribution in [3.8, 4) is 0 Å². The van der Waals surface area contributed by atoms with E-state index < -0.39 is 0 Å². The maximum Gasteiger partial charge on any atom is 0.0716 e. The van der Waals surface area contributed by atoms with E-state index in [1.807, 2.05) is 20.9 Å². The molecule has 1 N–H and O–H groups in total. The maximum atomic E-state index is 5.71. The SMILES string of the molecule is C/C=C(/C)CCCOCc1ccc(C(C)(C)C)cc1.C=CNC.CC. The first kappa shape index (κ1) is 25.7. The molecule has 0 atom stereocenters. The van der Waals surface area contributed by atoms with Crippen LogP contribution in [0.15, 0.2) is 48.7 Å². The third-order valence-electron chi connectivity index (χ3n) is 3.65. The van der Waals surface area contributed by atoms with Gasteiger partial charge in [-0.15, -0.1) is 0 Å². The summed E-state index contributed by atoms with van der Waals surface area (Å²) in [6.45, 7) is 19.9. The van der Waals surface area contributed by atoms with E-state index in [-0.39, 0.29) is 5.41 Å². The highest BCUT2D eigenvalue weighted by molar-refractivity contribution is 5.27. The molecule has 0 unspecified atom stereocenters. The predicted octanol–water partition coefficient (Wildman–Crippen LogP) is 6.62. The van der Waals surface area contributed by atoms with Crippen molar-refractivity contribution in [2.45, 2.75) is 73.3 Å². The Kier molecular flexibility index (Phi) is 16.4. The lowest BCUT2D eigenvalue weighted by molar-refractivity contribution is 0.118. The summed E-state index contributed by atoms with van der Waals surface area (Å²) in [5, 5.41) is 2.69. The van der Waals surface area contributed by atoms with Crippen molar-refractivity contribution < 1.29 is 4.74 Å². The van der Waals surface area contributed by atoms with Gasteiger partial charge in [-0.25, -0.2) is 0 Å². The Morgan fingerprint density at radius 3 is 2.08 bits per heavy atom. The molecule has 0 aliphatic heterocycles. The van der Waals surface area contributed by atoms with E-state index in [0.717, 1.165) is 26.1 Å². The smallest absolute Gasteiger partial charge is 0.0716 e. The van der Waals surface area contributed by atoms with Gasteiger partial charge in [-0.3, -0.25) is 0 Å². The van der Waals surface area contributed by atoms with Crippen molar-refractivity contribution in [2.75, 3.05) is 13.7 Å². The maximum absolute atomic E-state index is 5.71. The van der Waals surface area contributed by atoms with Crippen LogP contribution in [0.1, 0.15) is 72.4 Å². The first-order valence-electron chi connectivity index (χ1n) is 9.42. The summed E-state index contributed by atoms with van der Waals surface area (Å²) in [5.74, 6) is 0. The lowest BCUT2D eigenvalue weighted by Crippen LogP contribution is -2.10. The molecule has 25 heavy (non-hydrogen) atoms. The van der Waals surface area contributed by atoms with Crippen LogP contribution in [0.4, 0.5) is 0 Å². The number of ether oxygens (including phenoxy) is 1. The van der Waals surface area contributed by atoms with Gasteiger partial charge in [0.1, 0.15) is 0 Å². The van der Waals surface area contributed by atoms with Gasteiger partial charge < -0.3 is 10.1 Å². The fourth-order valence-corrected chi connectivity index (χ4v) is 1.89. The zero-order chi connectivity index (χ0) is 19.7. The molecule has 1 rings (SSSR count). The van der Waals surface area contributed by atoms with Crippen molar-refractivity contribution in [1.29, 1.82) is 0 Å². The fourth-order valence-electron chi connectivity index (χ4n) is 1.89. The molecule has 1 aromatic rings. The van der Waals surface area contributed by atoms with E-state index in [2.05, 4.69) is 76.9 Å². The van der Waals surface area contributed by atoms with Crippen LogP contribution in [0.25, 0.3) is 0 Å². The zero-order valence-electron chi connectivity index (χ0n) is 17.9. The molecule has 1 aromatic carbocycles. The molecule has 0 aromatic heterocycles. The Balaban J connectivity index is 0. The van der Waals surface area contributed by atoms with Crippen LogP contribution < -0.4 is 5.32 Å². The highest BCUT2D eigenvalue weighted by Crippen LogP contribution is 2.22. The molecule has 144 valence electrons. The third-order valence-corrected chi connectivity index (χ3v) is 3.65. The van der Waals surface area contributed by atoms with Gasteiger partial charge in [0.05, 0.1) is 6.61 Å². The van der Waals surface area contributed by atoms with E-state index in [1.54, 1.807) is 6.20 Å². The minimum Gasteiger partial charge on any atom is -0.394 e. The van der Waals surface area contributed by atoms with Crippen molar-refractivity contribution in [1.82, 2.24) is 5.32 Å². The summed E-state index contributed by atoms with van der Waals surface area (Å²) >= 11 is 0. The van der Waals surface area contributed by atoms with Gasteiger partial charge in [0, 0.05) is 13.7 Å². The molecule has 0 saturated carbocycles. The summed E-state index contributed by atoms with van der Waals surface area (Å²) < 4.78 is 5.71. The minimum atomic E-state index is 0.226. The van der Waals surface area contributed by atoms with Crippen LogP contribution in [0.3, 0.4) is 0 Å². The molecule has 0 fully saturated rings. The molecule has 0 amide bonds. The summed E-state index contributed by atoms with van der Waals surface area (Å²) in [6.07, 6.45) is 6.04. The molecule has 0 aliphatic rings. The first-order chi connectivity index (χ1) is 11.8. The normalized spacial score (nSPS) is 10.8. The summed E-state index contributed by atoms with van der Waals surface area (Å²) in [7, 11) is 1.81. The average molecular weight is 348 g/mol. The van der Waals surface area contributed by atoms with Crippen molar-refractivity contribution in [3.63, 3.8) is 0 Å². The Hall–Kier alpha value is -1.54. The lowest BCUT2D eigenvalue weighted by atomic mass is 9.87. The largest absolute Gasteiger partial charge is 0.394 e. The van der Waals surface area contributed by atoms with Gasteiger partial charge in [0.15, 0.2) is 0 Å². The molecule has 2 nitrogen and oxygen atoms in total. The van der Waals surface area contributed by atoms with Crippen LogP contribution in [-0.4, -0.2) is 13.7 Å². The van der Waals surface area contributed by atoms with Gasteiger partial charge in [-0.1, -0.05) is 77.1 Å². The van der Waals surface area contributed by atoms with Gasteiger partial charge in [-0.2, -0.15) is 0 Å². The van der Waals surface area contributed by atoms with E-state index >= 15 is 0 Å². The average Bonchev–Trinajstić information content (AvgIpc) is 2.62. The van der Waals surface area contributed by atoms with Gasteiger partial charge >= 0.3 is 0 Å².